The van der Waals surface area contributed by atoms with E-state index in [9.17, 15) is 17.6 Å². The van der Waals surface area contributed by atoms with Crippen molar-refractivity contribution in [3.63, 3.8) is 0 Å². The van der Waals surface area contributed by atoms with E-state index in [-0.39, 0.29) is 29.9 Å². The fourth-order valence-electron chi connectivity index (χ4n) is 4.08. The maximum atomic E-state index is 13.5. The average molecular weight is 485 g/mol. The Labute approximate surface area is 197 Å². The number of benzene rings is 2. The van der Waals surface area contributed by atoms with Gasteiger partial charge in [0.1, 0.15) is 5.82 Å². The molecule has 0 saturated carbocycles. The predicted octanol–water partition coefficient (Wildman–Crippen LogP) is 4.55. The van der Waals surface area contributed by atoms with E-state index in [2.05, 4.69) is 6.58 Å². The van der Waals surface area contributed by atoms with Gasteiger partial charge in [0, 0.05) is 18.0 Å². The number of halogens is 1. The number of hydrogen-bond donors (Lipinski definition) is 0. The lowest BCUT2D eigenvalue weighted by atomic mass is 9.92. The quantitative estimate of drug-likeness (QED) is 0.463. The summed E-state index contributed by atoms with van der Waals surface area (Å²) in [5, 5.41) is 2.03. The van der Waals surface area contributed by atoms with Crippen molar-refractivity contribution in [3.8, 4) is 0 Å². The number of carbonyl (C=O) groups excluding carboxylic acids is 1. The number of carbonyl (C=O) groups is 1. The fourth-order valence-corrected chi connectivity index (χ4v) is 6.35. The normalized spacial score (nSPS) is 16.0. The van der Waals surface area contributed by atoms with Gasteiger partial charge in [-0.1, -0.05) is 35.9 Å². The monoisotopic (exact) mass is 484 g/mol. The van der Waals surface area contributed by atoms with Crippen molar-refractivity contribution >= 4 is 27.3 Å². The van der Waals surface area contributed by atoms with Crippen molar-refractivity contribution in [2.75, 3.05) is 19.6 Å². The molecule has 1 amide bonds. The van der Waals surface area contributed by atoms with Crippen LogP contribution in [-0.4, -0.2) is 43.2 Å². The summed E-state index contributed by atoms with van der Waals surface area (Å²) in [4.78, 5) is 16.5. The van der Waals surface area contributed by atoms with Gasteiger partial charge < -0.3 is 4.90 Å². The molecule has 33 heavy (non-hydrogen) atoms. The molecule has 0 bridgehead atoms. The molecule has 3 aromatic rings. The van der Waals surface area contributed by atoms with Gasteiger partial charge in [-0.25, -0.2) is 12.8 Å². The lowest BCUT2D eigenvalue weighted by Crippen LogP contribution is -2.46. The van der Waals surface area contributed by atoms with Crippen LogP contribution in [0.1, 0.15) is 27.6 Å². The van der Waals surface area contributed by atoms with Gasteiger partial charge in [-0.05, 0) is 60.2 Å². The molecule has 1 unspecified atom stereocenters. The number of fused-ring (bicyclic) bond motifs is 1. The van der Waals surface area contributed by atoms with E-state index in [0.717, 1.165) is 39.5 Å². The minimum atomic E-state index is -4.00. The van der Waals surface area contributed by atoms with Gasteiger partial charge in [0.25, 0.3) is 0 Å². The summed E-state index contributed by atoms with van der Waals surface area (Å²) in [6.45, 7) is 5.80. The Hall–Kier alpha value is -2.81. The number of rotatable bonds is 7. The summed E-state index contributed by atoms with van der Waals surface area (Å²) in [6.07, 6.45) is 2.17. The third kappa shape index (κ3) is 4.78. The third-order valence-corrected chi connectivity index (χ3v) is 8.60. The van der Waals surface area contributed by atoms with Crippen molar-refractivity contribution in [1.29, 1.82) is 0 Å². The molecule has 1 aliphatic heterocycles. The first-order chi connectivity index (χ1) is 15.8. The van der Waals surface area contributed by atoms with Crippen molar-refractivity contribution in [2.24, 2.45) is 0 Å². The van der Waals surface area contributed by atoms with E-state index >= 15 is 0 Å². The van der Waals surface area contributed by atoms with E-state index in [4.69, 9.17) is 0 Å². The lowest BCUT2D eigenvalue weighted by molar-refractivity contribution is -0.133. The standard InChI is InChI=1S/C25H25FN2O3S2/c1-3-14-27(33(30,31)21-10-8-20(26)9-11-21)17-24(29)28-15-12-23-22(13-16-32-23)25(28)19-6-4-18(2)5-7-19/h3-11,13,16,25H,1,12,14-15,17H2,2H3. The first-order valence-electron chi connectivity index (χ1n) is 10.6. The van der Waals surface area contributed by atoms with E-state index < -0.39 is 15.8 Å². The van der Waals surface area contributed by atoms with Gasteiger partial charge in [0.15, 0.2) is 0 Å². The number of aryl methyl sites for hydroxylation is 1. The van der Waals surface area contributed by atoms with Crippen molar-refractivity contribution < 1.29 is 17.6 Å². The molecule has 2 aromatic carbocycles. The number of hydrogen-bond acceptors (Lipinski definition) is 4. The van der Waals surface area contributed by atoms with Crippen LogP contribution < -0.4 is 0 Å². The molecule has 0 aliphatic carbocycles. The summed E-state index contributed by atoms with van der Waals surface area (Å²) in [7, 11) is -4.00. The molecule has 0 spiro atoms. The molecule has 2 heterocycles. The molecule has 1 atom stereocenters. The van der Waals surface area contributed by atoms with E-state index in [0.29, 0.717) is 6.54 Å². The molecule has 0 N–H and O–H groups in total. The first kappa shape index (κ1) is 23.4. The molecule has 1 aromatic heterocycles. The third-order valence-electron chi connectivity index (χ3n) is 5.78. The highest BCUT2D eigenvalue weighted by Crippen LogP contribution is 2.38. The molecule has 0 radical (unpaired) electrons. The Balaban J connectivity index is 1.65. The molecule has 0 saturated heterocycles. The zero-order chi connectivity index (χ0) is 23.6. The van der Waals surface area contributed by atoms with Gasteiger partial charge in [0.05, 0.1) is 17.5 Å². The zero-order valence-corrected chi connectivity index (χ0v) is 19.9. The van der Waals surface area contributed by atoms with Gasteiger partial charge in [0.2, 0.25) is 15.9 Å². The Morgan fingerprint density at radius 3 is 2.55 bits per heavy atom. The summed E-state index contributed by atoms with van der Waals surface area (Å²) < 4.78 is 40.8. The second-order valence-corrected chi connectivity index (χ2v) is 10.9. The second kappa shape index (κ2) is 9.59. The Bertz CT molecular complexity index is 1250. The predicted molar refractivity (Wildman–Crippen MR) is 128 cm³/mol. The molecular formula is C25H25FN2O3S2. The Morgan fingerprint density at radius 2 is 1.88 bits per heavy atom. The van der Waals surface area contributed by atoms with Gasteiger partial charge in [-0.2, -0.15) is 4.31 Å². The molecule has 8 heteroatoms. The topological polar surface area (TPSA) is 57.7 Å². The lowest BCUT2D eigenvalue weighted by Gasteiger charge is -2.37. The first-order valence-corrected chi connectivity index (χ1v) is 12.9. The summed E-state index contributed by atoms with van der Waals surface area (Å²) in [5.74, 6) is -0.814. The van der Waals surface area contributed by atoms with Crippen LogP contribution in [0, 0.1) is 12.7 Å². The van der Waals surface area contributed by atoms with Crippen LogP contribution in [-0.2, 0) is 21.2 Å². The highest BCUT2D eigenvalue weighted by atomic mass is 32.2. The minimum absolute atomic E-state index is 0.0296. The van der Waals surface area contributed by atoms with E-state index in [1.54, 1.807) is 16.2 Å². The SMILES string of the molecule is C=CCN(CC(=O)N1CCc2sccc2C1c1ccc(C)cc1)S(=O)(=O)c1ccc(F)cc1. The molecular weight excluding hydrogens is 459 g/mol. The van der Waals surface area contributed by atoms with Crippen LogP contribution >= 0.6 is 11.3 Å². The average Bonchev–Trinajstić information content (AvgIpc) is 3.28. The maximum absolute atomic E-state index is 13.5. The molecule has 1 aliphatic rings. The number of amides is 1. The van der Waals surface area contributed by atoms with Gasteiger partial charge in [-0.3, -0.25) is 4.79 Å². The van der Waals surface area contributed by atoms with Crippen LogP contribution in [0.4, 0.5) is 4.39 Å². The molecule has 172 valence electrons. The smallest absolute Gasteiger partial charge is 0.243 e. The summed E-state index contributed by atoms with van der Waals surface area (Å²) in [5.41, 5.74) is 3.20. The summed E-state index contributed by atoms with van der Waals surface area (Å²) in [6, 6.07) is 14.4. The van der Waals surface area contributed by atoms with Gasteiger partial charge >= 0.3 is 0 Å². The van der Waals surface area contributed by atoms with Crippen LogP contribution in [0.3, 0.4) is 0 Å². The largest absolute Gasteiger partial charge is 0.330 e. The number of thiophene rings is 1. The van der Waals surface area contributed by atoms with Crippen LogP contribution in [0.5, 0.6) is 0 Å². The Kier molecular flexibility index (Phi) is 6.78. The van der Waals surface area contributed by atoms with Crippen molar-refractivity contribution in [3.05, 3.63) is 100 Å². The fraction of sp³-hybridized carbons (Fsp3) is 0.240. The molecule has 5 nitrogen and oxygen atoms in total. The van der Waals surface area contributed by atoms with E-state index in [1.807, 2.05) is 42.6 Å². The molecule has 0 fully saturated rings. The van der Waals surface area contributed by atoms with Crippen LogP contribution in [0.25, 0.3) is 0 Å². The van der Waals surface area contributed by atoms with Crippen LogP contribution in [0.2, 0.25) is 0 Å². The highest BCUT2D eigenvalue weighted by Gasteiger charge is 2.35. The number of sulfonamides is 1. The minimum Gasteiger partial charge on any atom is -0.330 e. The maximum Gasteiger partial charge on any atom is 0.243 e. The van der Waals surface area contributed by atoms with Crippen molar-refractivity contribution in [1.82, 2.24) is 9.21 Å². The zero-order valence-electron chi connectivity index (χ0n) is 18.3. The highest BCUT2D eigenvalue weighted by molar-refractivity contribution is 7.89. The Morgan fingerprint density at radius 1 is 1.18 bits per heavy atom. The van der Waals surface area contributed by atoms with Gasteiger partial charge in [-0.15, -0.1) is 17.9 Å². The summed E-state index contributed by atoms with van der Waals surface area (Å²) >= 11 is 1.68. The van der Waals surface area contributed by atoms with Crippen molar-refractivity contribution in [2.45, 2.75) is 24.3 Å². The van der Waals surface area contributed by atoms with Crippen LogP contribution in [0.15, 0.2) is 77.5 Å². The molecule has 4 rings (SSSR count). The van der Waals surface area contributed by atoms with E-state index in [1.165, 1.54) is 23.1 Å². The number of nitrogens with zero attached hydrogens (tertiary/aromatic N) is 2. The second-order valence-electron chi connectivity index (χ2n) is 7.99.